The molecule has 0 saturated heterocycles. The molecule has 102 valence electrons. The van der Waals surface area contributed by atoms with E-state index in [2.05, 4.69) is 49.6 Å². The van der Waals surface area contributed by atoms with E-state index in [0.29, 0.717) is 5.82 Å². The van der Waals surface area contributed by atoms with Crippen LogP contribution in [-0.4, -0.2) is 23.6 Å². The first-order valence-corrected chi connectivity index (χ1v) is 6.58. The average Bonchev–Trinajstić information content (AvgIpc) is 2.20. The molecule has 0 spiro atoms. The molecule has 18 heavy (non-hydrogen) atoms. The van der Waals surface area contributed by atoms with Crippen LogP contribution in [0.15, 0.2) is 0 Å². The second-order valence-electron chi connectivity index (χ2n) is 6.14. The molecular weight excluding hydrogens is 224 g/mol. The number of nitrogens with zero attached hydrogens (tertiary/aromatic N) is 3. The van der Waals surface area contributed by atoms with Crippen molar-refractivity contribution in [3.63, 3.8) is 0 Å². The summed E-state index contributed by atoms with van der Waals surface area (Å²) in [6.45, 7) is 11.7. The molecule has 0 aliphatic carbocycles. The first-order valence-electron chi connectivity index (χ1n) is 6.58. The van der Waals surface area contributed by atoms with E-state index in [4.69, 9.17) is 5.73 Å². The van der Waals surface area contributed by atoms with Crippen LogP contribution in [0.3, 0.4) is 0 Å². The highest BCUT2D eigenvalue weighted by Gasteiger charge is 2.18. The zero-order valence-corrected chi connectivity index (χ0v) is 12.5. The molecule has 0 atom stereocenters. The van der Waals surface area contributed by atoms with E-state index >= 15 is 0 Å². The minimum absolute atomic E-state index is 0.228. The summed E-state index contributed by atoms with van der Waals surface area (Å²) in [6.07, 6.45) is 1.91. The molecule has 4 heteroatoms. The molecule has 0 fully saturated rings. The molecular formula is C14H26N4. The Morgan fingerprint density at radius 2 is 1.83 bits per heavy atom. The number of anilines is 2. The summed E-state index contributed by atoms with van der Waals surface area (Å²) in [4.78, 5) is 11.2. The normalized spacial score (nSPS) is 11.7. The van der Waals surface area contributed by atoms with Crippen LogP contribution >= 0.6 is 0 Å². The van der Waals surface area contributed by atoms with Gasteiger partial charge in [0.15, 0.2) is 0 Å². The monoisotopic (exact) mass is 250 g/mol. The second kappa shape index (κ2) is 5.55. The highest BCUT2D eigenvalue weighted by Crippen LogP contribution is 2.24. The quantitative estimate of drug-likeness (QED) is 0.892. The Morgan fingerprint density at radius 1 is 1.22 bits per heavy atom. The number of hydrogen-bond donors (Lipinski definition) is 1. The summed E-state index contributed by atoms with van der Waals surface area (Å²) in [7, 11) is 2.07. The molecule has 0 aliphatic rings. The molecule has 0 radical (unpaired) electrons. The molecule has 0 bridgehead atoms. The first-order chi connectivity index (χ1) is 8.24. The van der Waals surface area contributed by atoms with Crippen molar-refractivity contribution in [3.05, 3.63) is 11.4 Å². The Balaban J connectivity index is 3.06. The first kappa shape index (κ1) is 14.7. The molecule has 0 aliphatic heterocycles. The Labute approximate surface area is 111 Å². The topological polar surface area (TPSA) is 55.0 Å². The van der Waals surface area contributed by atoms with Crippen molar-refractivity contribution >= 4 is 11.6 Å². The van der Waals surface area contributed by atoms with Gasteiger partial charge < -0.3 is 10.6 Å². The Hall–Kier alpha value is -1.32. The number of rotatable bonds is 4. The lowest BCUT2D eigenvalue weighted by Gasteiger charge is -2.28. The van der Waals surface area contributed by atoms with Gasteiger partial charge in [-0.3, -0.25) is 0 Å². The number of hydrogen-bond acceptors (Lipinski definition) is 4. The molecule has 4 nitrogen and oxygen atoms in total. The molecule has 0 amide bonds. The fraction of sp³-hybridized carbons (Fsp3) is 0.714. The van der Waals surface area contributed by atoms with Gasteiger partial charge in [0.1, 0.15) is 17.5 Å². The molecule has 0 aromatic carbocycles. The van der Waals surface area contributed by atoms with Crippen LogP contribution in [0.2, 0.25) is 0 Å². The van der Waals surface area contributed by atoms with E-state index in [9.17, 15) is 0 Å². The van der Waals surface area contributed by atoms with Gasteiger partial charge in [-0.15, -0.1) is 0 Å². The standard InChI is InChI=1S/C14H26N4/c1-7-8-11-16-12(15)10(2)13(17-11)18(6)9-14(3,4)5/h7-9H2,1-6H3,(H2,15,16,17). The maximum atomic E-state index is 5.98. The smallest absolute Gasteiger partial charge is 0.137 e. The number of aromatic nitrogens is 2. The summed E-state index contributed by atoms with van der Waals surface area (Å²) >= 11 is 0. The maximum Gasteiger partial charge on any atom is 0.137 e. The van der Waals surface area contributed by atoms with Crippen LogP contribution in [-0.2, 0) is 6.42 Å². The Bertz CT molecular complexity index is 407. The van der Waals surface area contributed by atoms with E-state index in [-0.39, 0.29) is 5.41 Å². The third-order valence-corrected chi connectivity index (χ3v) is 2.75. The summed E-state index contributed by atoms with van der Waals surface area (Å²) in [5.41, 5.74) is 7.18. The van der Waals surface area contributed by atoms with Crippen molar-refractivity contribution < 1.29 is 0 Å². The van der Waals surface area contributed by atoms with Crippen LogP contribution in [0.5, 0.6) is 0 Å². The van der Waals surface area contributed by atoms with E-state index in [0.717, 1.165) is 36.6 Å². The minimum Gasteiger partial charge on any atom is -0.383 e. The van der Waals surface area contributed by atoms with Crippen molar-refractivity contribution in [2.75, 3.05) is 24.2 Å². The fourth-order valence-corrected chi connectivity index (χ4v) is 2.06. The second-order valence-corrected chi connectivity index (χ2v) is 6.14. The largest absolute Gasteiger partial charge is 0.383 e. The van der Waals surface area contributed by atoms with Crippen LogP contribution in [0, 0.1) is 12.3 Å². The van der Waals surface area contributed by atoms with Crippen LogP contribution in [0.25, 0.3) is 0 Å². The van der Waals surface area contributed by atoms with Crippen molar-refractivity contribution in [3.8, 4) is 0 Å². The maximum absolute atomic E-state index is 5.98. The molecule has 1 aromatic heterocycles. The summed E-state index contributed by atoms with van der Waals surface area (Å²) in [6, 6.07) is 0. The van der Waals surface area contributed by atoms with Crippen molar-refractivity contribution in [1.29, 1.82) is 0 Å². The van der Waals surface area contributed by atoms with E-state index in [1.807, 2.05) is 6.92 Å². The lowest BCUT2D eigenvalue weighted by Crippen LogP contribution is -2.31. The SMILES string of the molecule is CCCc1nc(N)c(C)c(N(C)CC(C)(C)C)n1. The zero-order chi connectivity index (χ0) is 13.9. The van der Waals surface area contributed by atoms with Gasteiger partial charge in [0.2, 0.25) is 0 Å². The minimum atomic E-state index is 0.228. The molecule has 2 N–H and O–H groups in total. The molecule has 0 saturated carbocycles. The van der Waals surface area contributed by atoms with E-state index < -0.39 is 0 Å². The van der Waals surface area contributed by atoms with Crippen LogP contribution in [0.1, 0.15) is 45.5 Å². The lowest BCUT2D eigenvalue weighted by molar-refractivity contribution is 0.417. The van der Waals surface area contributed by atoms with Gasteiger partial charge in [-0.1, -0.05) is 27.7 Å². The van der Waals surface area contributed by atoms with Gasteiger partial charge in [-0.25, -0.2) is 9.97 Å². The van der Waals surface area contributed by atoms with Gasteiger partial charge in [-0.2, -0.15) is 0 Å². The summed E-state index contributed by atoms with van der Waals surface area (Å²) in [5, 5.41) is 0. The molecule has 1 heterocycles. The predicted octanol–water partition coefficient (Wildman–Crippen LogP) is 2.80. The zero-order valence-electron chi connectivity index (χ0n) is 12.5. The van der Waals surface area contributed by atoms with Gasteiger partial charge in [0, 0.05) is 25.6 Å². The number of nitrogens with two attached hydrogens (primary N) is 1. The Morgan fingerprint density at radius 3 is 2.33 bits per heavy atom. The molecule has 1 aromatic rings. The fourth-order valence-electron chi connectivity index (χ4n) is 2.06. The highest BCUT2D eigenvalue weighted by atomic mass is 15.2. The highest BCUT2D eigenvalue weighted by molar-refractivity contribution is 5.56. The van der Waals surface area contributed by atoms with Crippen LogP contribution < -0.4 is 10.6 Å². The van der Waals surface area contributed by atoms with Crippen molar-refractivity contribution in [2.24, 2.45) is 5.41 Å². The summed E-state index contributed by atoms with van der Waals surface area (Å²) in [5.74, 6) is 2.40. The van der Waals surface area contributed by atoms with Gasteiger partial charge in [-0.05, 0) is 18.8 Å². The summed E-state index contributed by atoms with van der Waals surface area (Å²) < 4.78 is 0. The third kappa shape index (κ3) is 3.86. The number of nitrogen functional groups attached to an aromatic ring is 1. The van der Waals surface area contributed by atoms with E-state index in [1.165, 1.54) is 0 Å². The van der Waals surface area contributed by atoms with Gasteiger partial charge >= 0.3 is 0 Å². The lowest BCUT2D eigenvalue weighted by atomic mass is 9.96. The van der Waals surface area contributed by atoms with E-state index in [1.54, 1.807) is 0 Å². The van der Waals surface area contributed by atoms with Crippen LogP contribution in [0.4, 0.5) is 11.6 Å². The van der Waals surface area contributed by atoms with Crippen molar-refractivity contribution in [2.45, 2.75) is 47.5 Å². The van der Waals surface area contributed by atoms with Gasteiger partial charge in [0.25, 0.3) is 0 Å². The predicted molar refractivity (Wildman–Crippen MR) is 77.9 cm³/mol. The molecule has 1 rings (SSSR count). The van der Waals surface area contributed by atoms with Crippen molar-refractivity contribution in [1.82, 2.24) is 9.97 Å². The Kier molecular flexibility index (Phi) is 4.54. The van der Waals surface area contributed by atoms with Gasteiger partial charge in [0.05, 0.1) is 0 Å². The average molecular weight is 250 g/mol. The third-order valence-electron chi connectivity index (χ3n) is 2.75. The molecule has 0 unspecified atom stereocenters. The number of aryl methyl sites for hydroxylation is 1.